The molecule has 12 heteroatoms. The van der Waals surface area contributed by atoms with E-state index in [0.29, 0.717) is 32.1 Å². The third-order valence-corrected chi connectivity index (χ3v) is 4.40. The molecule has 0 aromatic heterocycles. The summed E-state index contributed by atoms with van der Waals surface area (Å²) in [5.74, 6) is -0.193. The second-order valence-corrected chi connectivity index (χ2v) is 8.03. The molecule has 0 spiro atoms. The van der Waals surface area contributed by atoms with E-state index in [-0.39, 0.29) is 48.7 Å². The van der Waals surface area contributed by atoms with Gasteiger partial charge < -0.3 is 25.6 Å². The number of carbonyl (C=O) groups is 2. The number of hydrogen-bond acceptors (Lipinski definition) is 4. The van der Waals surface area contributed by atoms with Crippen molar-refractivity contribution in [1.82, 2.24) is 15.1 Å². The maximum Gasteiger partial charge on any atom is 0.416 e. The zero-order chi connectivity index (χ0) is 23.2. The summed E-state index contributed by atoms with van der Waals surface area (Å²) >= 11 is 0. The molecule has 2 amide bonds. The number of guanidine groups is 1. The van der Waals surface area contributed by atoms with E-state index >= 15 is 0 Å². The number of nitrogens with one attached hydrogen (secondary N) is 1. The van der Waals surface area contributed by atoms with Crippen molar-refractivity contribution in [2.45, 2.75) is 32.5 Å². The molecule has 2 rings (SSSR count). The van der Waals surface area contributed by atoms with Crippen molar-refractivity contribution < 1.29 is 27.5 Å². The molecule has 1 saturated heterocycles. The highest BCUT2D eigenvalue weighted by atomic mass is 127. The van der Waals surface area contributed by atoms with E-state index in [1.807, 2.05) is 25.7 Å². The lowest BCUT2D eigenvalue weighted by Crippen LogP contribution is -2.53. The van der Waals surface area contributed by atoms with Crippen molar-refractivity contribution in [1.29, 1.82) is 0 Å². The number of nitrogens with two attached hydrogens (primary N) is 1. The number of rotatable bonds is 4. The van der Waals surface area contributed by atoms with Crippen molar-refractivity contribution in [2.24, 2.45) is 10.7 Å². The molecular formula is C20H29F3IN5O3. The van der Waals surface area contributed by atoms with Gasteiger partial charge in [0, 0.05) is 38.3 Å². The molecule has 3 N–H and O–H groups in total. The second-order valence-electron chi connectivity index (χ2n) is 8.03. The Balaban J connectivity index is 0.00000512. The van der Waals surface area contributed by atoms with Gasteiger partial charge in [-0.1, -0.05) is 0 Å². The number of carbonyl (C=O) groups excluding carboxylic acids is 2. The Labute approximate surface area is 202 Å². The van der Waals surface area contributed by atoms with Gasteiger partial charge in [-0.25, -0.2) is 4.79 Å². The molecule has 180 valence electrons. The summed E-state index contributed by atoms with van der Waals surface area (Å²) < 4.78 is 43.0. The van der Waals surface area contributed by atoms with E-state index in [2.05, 4.69) is 10.3 Å². The molecule has 1 aliphatic rings. The monoisotopic (exact) mass is 571 g/mol. The first kappa shape index (κ1) is 27.8. The zero-order valence-electron chi connectivity index (χ0n) is 18.2. The number of alkyl halides is 3. The molecule has 1 fully saturated rings. The quantitative estimate of drug-likeness (QED) is 0.251. The number of ether oxygens (including phenoxy) is 1. The second kappa shape index (κ2) is 11.6. The van der Waals surface area contributed by atoms with Crippen molar-refractivity contribution in [2.75, 3.05) is 39.3 Å². The highest BCUT2D eigenvalue weighted by Crippen LogP contribution is 2.29. The minimum atomic E-state index is -4.44. The first-order valence-corrected chi connectivity index (χ1v) is 9.85. The molecule has 1 aliphatic heterocycles. The molecule has 0 radical (unpaired) electrons. The van der Waals surface area contributed by atoms with Gasteiger partial charge in [-0.3, -0.25) is 9.79 Å². The summed E-state index contributed by atoms with van der Waals surface area (Å²) in [7, 11) is 0. The molecule has 1 aromatic carbocycles. The third-order valence-electron chi connectivity index (χ3n) is 4.40. The van der Waals surface area contributed by atoms with Crippen molar-refractivity contribution >= 4 is 41.9 Å². The van der Waals surface area contributed by atoms with Gasteiger partial charge in [0.05, 0.1) is 12.1 Å². The van der Waals surface area contributed by atoms with Gasteiger partial charge in [0.15, 0.2) is 5.96 Å². The predicted octanol–water partition coefficient (Wildman–Crippen LogP) is 2.92. The van der Waals surface area contributed by atoms with Crippen molar-refractivity contribution in [3.8, 4) is 0 Å². The Morgan fingerprint density at radius 3 is 2.09 bits per heavy atom. The highest BCUT2D eigenvalue weighted by Gasteiger charge is 2.30. The van der Waals surface area contributed by atoms with E-state index in [4.69, 9.17) is 10.5 Å². The summed E-state index contributed by atoms with van der Waals surface area (Å²) in [5, 5.41) is 2.59. The first-order chi connectivity index (χ1) is 14.4. The van der Waals surface area contributed by atoms with E-state index in [1.54, 1.807) is 4.90 Å². The Hall–Kier alpha value is -2.25. The fourth-order valence-corrected chi connectivity index (χ4v) is 2.80. The smallest absolute Gasteiger partial charge is 0.416 e. The number of aliphatic imine (C=N–C) groups is 1. The average Bonchev–Trinajstić information content (AvgIpc) is 2.69. The van der Waals surface area contributed by atoms with Gasteiger partial charge in [0.1, 0.15) is 5.60 Å². The largest absolute Gasteiger partial charge is 0.444 e. The van der Waals surface area contributed by atoms with Crippen LogP contribution >= 0.6 is 24.0 Å². The van der Waals surface area contributed by atoms with Crippen molar-refractivity contribution in [3.63, 3.8) is 0 Å². The summed E-state index contributed by atoms with van der Waals surface area (Å²) in [6, 6.07) is 3.98. The summed E-state index contributed by atoms with van der Waals surface area (Å²) in [4.78, 5) is 31.8. The maximum absolute atomic E-state index is 12.6. The molecule has 0 aliphatic carbocycles. The number of amides is 2. The Morgan fingerprint density at radius 2 is 1.59 bits per heavy atom. The normalized spacial score (nSPS) is 15.1. The number of nitrogens with zero attached hydrogens (tertiary/aromatic N) is 3. The van der Waals surface area contributed by atoms with Crippen LogP contribution in [-0.2, 0) is 10.9 Å². The predicted molar refractivity (Wildman–Crippen MR) is 125 cm³/mol. The number of piperazine rings is 1. The molecule has 1 heterocycles. The minimum Gasteiger partial charge on any atom is -0.444 e. The summed E-state index contributed by atoms with van der Waals surface area (Å²) in [5.41, 5.74) is 4.74. The molecule has 0 atom stereocenters. The van der Waals surface area contributed by atoms with E-state index < -0.39 is 23.2 Å². The standard InChI is InChI=1S/C20H28F3N5O3.HI/c1-19(2,3)31-18(30)28-12-10-27(11-13-28)17(24)26-9-8-25-16(29)14-4-6-15(7-5-14)20(21,22)23;/h4-7H,8-13H2,1-3H3,(H2,24,26)(H,25,29);1H. The van der Waals surface area contributed by atoms with E-state index in [1.165, 1.54) is 0 Å². The molecule has 0 unspecified atom stereocenters. The van der Waals surface area contributed by atoms with E-state index in [9.17, 15) is 22.8 Å². The fraction of sp³-hybridized carbons (Fsp3) is 0.550. The van der Waals surface area contributed by atoms with Crippen LogP contribution in [0.2, 0.25) is 0 Å². The highest BCUT2D eigenvalue weighted by molar-refractivity contribution is 14.0. The van der Waals surface area contributed by atoms with Gasteiger partial charge in [0.2, 0.25) is 0 Å². The van der Waals surface area contributed by atoms with Crippen LogP contribution < -0.4 is 11.1 Å². The van der Waals surface area contributed by atoms with Crippen molar-refractivity contribution in [3.05, 3.63) is 35.4 Å². The minimum absolute atomic E-state index is 0. The van der Waals surface area contributed by atoms with Crippen LogP contribution in [0.1, 0.15) is 36.7 Å². The molecule has 1 aromatic rings. The third kappa shape index (κ3) is 8.71. The van der Waals surface area contributed by atoms with Gasteiger partial charge in [-0.05, 0) is 45.0 Å². The zero-order valence-corrected chi connectivity index (χ0v) is 20.6. The number of hydrogen-bond donors (Lipinski definition) is 2. The van der Waals surface area contributed by atoms with Crippen LogP contribution in [0.4, 0.5) is 18.0 Å². The summed E-state index contributed by atoms with van der Waals surface area (Å²) in [6.45, 7) is 7.74. The van der Waals surface area contributed by atoms with Gasteiger partial charge >= 0.3 is 12.3 Å². The summed E-state index contributed by atoms with van der Waals surface area (Å²) in [6.07, 6.45) is -4.81. The first-order valence-electron chi connectivity index (χ1n) is 9.85. The van der Waals surface area contributed by atoms with Crippen LogP contribution in [-0.4, -0.2) is 72.6 Å². The van der Waals surface area contributed by atoms with Crippen LogP contribution in [0.5, 0.6) is 0 Å². The van der Waals surface area contributed by atoms with Crippen LogP contribution in [0.15, 0.2) is 29.3 Å². The lowest BCUT2D eigenvalue weighted by Gasteiger charge is -2.36. The molecule has 8 nitrogen and oxygen atoms in total. The van der Waals surface area contributed by atoms with Gasteiger partial charge in [-0.15, -0.1) is 24.0 Å². The van der Waals surface area contributed by atoms with Gasteiger partial charge in [0.25, 0.3) is 5.91 Å². The molecule has 0 bridgehead atoms. The molecular weight excluding hydrogens is 542 g/mol. The van der Waals surface area contributed by atoms with Gasteiger partial charge in [-0.2, -0.15) is 13.2 Å². The lowest BCUT2D eigenvalue weighted by molar-refractivity contribution is -0.137. The SMILES string of the molecule is CC(C)(C)OC(=O)N1CCN(C(N)=NCCNC(=O)c2ccc(C(F)(F)F)cc2)CC1.I. The van der Waals surface area contributed by atoms with E-state index in [0.717, 1.165) is 24.3 Å². The van der Waals surface area contributed by atoms with Crippen LogP contribution in [0.3, 0.4) is 0 Å². The number of benzene rings is 1. The average molecular weight is 571 g/mol. The Kier molecular flexibility index (Phi) is 10.0. The lowest BCUT2D eigenvalue weighted by atomic mass is 10.1. The Bertz CT molecular complexity index is 802. The number of halogens is 4. The van der Waals surface area contributed by atoms with Crippen LogP contribution in [0, 0.1) is 0 Å². The fourth-order valence-electron chi connectivity index (χ4n) is 2.80. The topological polar surface area (TPSA) is 100 Å². The molecule has 0 saturated carbocycles. The Morgan fingerprint density at radius 1 is 1.06 bits per heavy atom. The van der Waals surface area contributed by atoms with Crippen LogP contribution in [0.25, 0.3) is 0 Å². The molecule has 32 heavy (non-hydrogen) atoms. The maximum atomic E-state index is 12.6.